The fourth-order valence-corrected chi connectivity index (χ4v) is 2.05. The Kier molecular flexibility index (Phi) is 4.70. The Morgan fingerprint density at radius 3 is 2.25 bits per heavy atom. The van der Waals surface area contributed by atoms with E-state index in [-0.39, 0.29) is 0 Å². The Labute approximate surface area is 120 Å². The van der Waals surface area contributed by atoms with Gasteiger partial charge in [0.2, 0.25) is 0 Å². The van der Waals surface area contributed by atoms with Crippen LogP contribution in [0.4, 0.5) is 0 Å². The summed E-state index contributed by atoms with van der Waals surface area (Å²) in [6.07, 6.45) is 1.93. The number of nitriles is 1. The third kappa shape index (κ3) is 3.81. The number of rotatable bonds is 4. The Morgan fingerprint density at radius 1 is 1.05 bits per heavy atom. The molecule has 0 bridgehead atoms. The Bertz CT molecular complexity index is 617. The summed E-state index contributed by atoms with van der Waals surface area (Å²) in [6.45, 7) is 0.924. The molecule has 0 aliphatic carbocycles. The number of benzene rings is 2. The first-order valence-corrected chi connectivity index (χ1v) is 6.60. The van der Waals surface area contributed by atoms with E-state index >= 15 is 0 Å². The van der Waals surface area contributed by atoms with Gasteiger partial charge in [0.1, 0.15) is 0 Å². The molecule has 0 saturated heterocycles. The fourth-order valence-electron chi connectivity index (χ4n) is 2.05. The number of allylic oxidation sites excluding steroid dienone is 1. The van der Waals surface area contributed by atoms with Gasteiger partial charge in [-0.15, -0.1) is 0 Å². The van der Waals surface area contributed by atoms with E-state index in [2.05, 4.69) is 49.3 Å². The summed E-state index contributed by atoms with van der Waals surface area (Å²) in [5.74, 6) is 0. The summed E-state index contributed by atoms with van der Waals surface area (Å²) in [5, 5.41) is 9.29. The van der Waals surface area contributed by atoms with Crippen LogP contribution in [0.25, 0.3) is 11.6 Å². The van der Waals surface area contributed by atoms with Crippen molar-refractivity contribution in [3.05, 3.63) is 71.3 Å². The first kappa shape index (κ1) is 14.0. The van der Waals surface area contributed by atoms with Crippen LogP contribution in [0.5, 0.6) is 0 Å². The molecule has 0 saturated carbocycles. The van der Waals surface area contributed by atoms with E-state index in [1.807, 2.05) is 36.4 Å². The molecule has 0 N–H and O–H groups in total. The normalized spacial score (nSPS) is 11.4. The third-order valence-corrected chi connectivity index (χ3v) is 2.99. The van der Waals surface area contributed by atoms with Crippen molar-refractivity contribution >= 4 is 11.6 Å². The van der Waals surface area contributed by atoms with Crippen LogP contribution in [0.2, 0.25) is 0 Å². The summed E-state index contributed by atoms with van der Waals surface area (Å²) < 4.78 is 0. The molecule has 0 atom stereocenters. The highest BCUT2D eigenvalue weighted by Crippen LogP contribution is 2.17. The van der Waals surface area contributed by atoms with Gasteiger partial charge in [0.05, 0.1) is 11.6 Å². The lowest BCUT2D eigenvalue weighted by atomic mass is 10.0. The average molecular weight is 262 g/mol. The number of hydrogen-bond donors (Lipinski definition) is 0. The lowest BCUT2D eigenvalue weighted by molar-refractivity contribution is 0.402. The molecule has 0 aliphatic rings. The topological polar surface area (TPSA) is 27.0 Å². The van der Waals surface area contributed by atoms with Crippen LogP contribution in [0.3, 0.4) is 0 Å². The van der Waals surface area contributed by atoms with Gasteiger partial charge in [0, 0.05) is 6.54 Å². The van der Waals surface area contributed by atoms with Crippen molar-refractivity contribution in [2.45, 2.75) is 6.54 Å². The molecule has 20 heavy (non-hydrogen) atoms. The van der Waals surface area contributed by atoms with Gasteiger partial charge >= 0.3 is 0 Å². The fraction of sp³-hybridized carbons (Fsp3) is 0.167. The molecule has 0 unspecified atom stereocenters. The minimum absolute atomic E-state index is 0.686. The van der Waals surface area contributed by atoms with Crippen molar-refractivity contribution in [3.8, 4) is 6.07 Å². The number of hydrogen-bond acceptors (Lipinski definition) is 2. The van der Waals surface area contributed by atoms with Crippen molar-refractivity contribution in [1.82, 2.24) is 4.90 Å². The molecule has 0 aromatic heterocycles. The van der Waals surface area contributed by atoms with E-state index in [1.54, 1.807) is 0 Å². The SMILES string of the molecule is CN(C)Cc1ccc(/C=C(\C#N)c2ccccc2)cc1. The molecular weight excluding hydrogens is 244 g/mol. The van der Waals surface area contributed by atoms with E-state index in [4.69, 9.17) is 0 Å². The summed E-state index contributed by atoms with van der Waals surface area (Å²) in [5.41, 5.74) is 3.96. The lowest BCUT2D eigenvalue weighted by Gasteiger charge is -2.09. The van der Waals surface area contributed by atoms with Crippen molar-refractivity contribution in [3.63, 3.8) is 0 Å². The van der Waals surface area contributed by atoms with Crippen LogP contribution < -0.4 is 0 Å². The van der Waals surface area contributed by atoms with Crippen LogP contribution in [-0.2, 0) is 6.54 Å². The highest BCUT2D eigenvalue weighted by molar-refractivity contribution is 5.89. The minimum atomic E-state index is 0.686. The summed E-state index contributed by atoms with van der Waals surface area (Å²) in [6, 6.07) is 20.3. The first-order chi connectivity index (χ1) is 9.69. The van der Waals surface area contributed by atoms with Gasteiger partial charge in [-0.1, -0.05) is 54.6 Å². The van der Waals surface area contributed by atoms with E-state index < -0.39 is 0 Å². The first-order valence-electron chi connectivity index (χ1n) is 6.60. The molecular formula is C18H18N2. The summed E-state index contributed by atoms with van der Waals surface area (Å²) in [4.78, 5) is 2.13. The van der Waals surface area contributed by atoms with Gasteiger partial charge in [-0.05, 0) is 36.9 Å². The summed E-state index contributed by atoms with van der Waals surface area (Å²) in [7, 11) is 4.11. The van der Waals surface area contributed by atoms with Gasteiger partial charge in [0.25, 0.3) is 0 Å². The van der Waals surface area contributed by atoms with E-state index in [9.17, 15) is 5.26 Å². The van der Waals surface area contributed by atoms with Gasteiger partial charge in [-0.25, -0.2) is 0 Å². The van der Waals surface area contributed by atoms with E-state index in [0.29, 0.717) is 5.57 Å². The van der Waals surface area contributed by atoms with E-state index in [1.165, 1.54) is 5.56 Å². The summed E-state index contributed by atoms with van der Waals surface area (Å²) >= 11 is 0. The van der Waals surface area contributed by atoms with Crippen molar-refractivity contribution in [2.24, 2.45) is 0 Å². The molecule has 2 aromatic carbocycles. The maximum absolute atomic E-state index is 9.29. The second kappa shape index (κ2) is 6.70. The Balaban J connectivity index is 2.23. The molecule has 2 heteroatoms. The molecule has 0 amide bonds. The third-order valence-electron chi connectivity index (χ3n) is 2.99. The average Bonchev–Trinajstić information content (AvgIpc) is 2.47. The lowest BCUT2D eigenvalue weighted by Crippen LogP contribution is -2.10. The standard InChI is InChI=1S/C18H18N2/c1-20(2)14-16-10-8-15(9-11-16)12-18(13-19)17-6-4-3-5-7-17/h3-12H,14H2,1-2H3/b18-12+. The monoisotopic (exact) mass is 262 g/mol. The highest BCUT2D eigenvalue weighted by Gasteiger charge is 2.00. The zero-order valence-corrected chi connectivity index (χ0v) is 11.9. The van der Waals surface area contributed by atoms with E-state index in [0.717, 1.165) is 17.7 Å². The van der Waals surface area contributed by atoms with Gasteiger partial charge in [-0.2, -0.15) is 5.26 Å². The quantitative estimate of drug-likeness (QED) is 0.619. The second-order valence-electron chi connectivity index (χ2n) is 5.02. The van der Waals surface area contributed by atoms with Crippen molar-refractivity contribution < 1.29 is 0 Å². The van der Waals surface area contributed by atoms with Crippen LogP contribution in [-0.4, -0.2) is 19.0 Å². The van der Waals surface area contributed by atoms with Gasteiger partial charge < -0.3 is 4.90 Å². The largest absolute Gasteiger partial charge is 0.305 e. The maximum atomic E-state index is 9.29. The molecule has 0 spiro atoms. The second-order valence-corrected chi connectivity index (χ2v) is 5.02. The zero-order valence-electron chi connectivity index (χ0n) is 11.9. The minimum Gasteiger partial charge on any atom is -0.305 e. The molecule has 100 valence electrons. The molecule has 0 aliphatic heterocycles. The van der Waals surface area contributed by atoms with Crippen molar-refractivity contribution in [2.75, 3.05) is 14.1 Å². The van der Waals surface area contributed by atoms with Crippen LogP contribution in [0, 0.1) is 11.3 Å². The van der Waals surface area contributed by atoms with Crippen LogP contribution in [0.1, 0.15) is 16.7 Å². The molecule has 2 aromatic rings. The predicted octanol–water partition coefficient (Wildman–Crippen LogP) is 3.81. The van der Waals surface area contributed by atoms with Gasteiger partial charge in [-0.3, -0.25) is 0 Å². The van der Waals surface area contributed by atoms with Crippen LogP contribution >= 0.6 is 0 Å². The molecule has 2 rings (SSSR count). The smallest absolute Gasteiger partial charge is 0.0998 e. The zero-order chi connectivity index (χ0) is 14.4. The molecule has 2 nitrogen and oxygen atoms in total. The highest BCUT2D eigenvalue weighted by atomic mass is 15.0. The van der Waals surface area contributed by atoms with Gasteiger partial charge in [0.15, 0.2) is 0 Å². The number of nitrogens with zero attached hydrogens (tertiary/aromatic N) is 2. The van der Waals surface area contributed by atoms with Crippen LogP contribution in [0.15, 0.2) is 54.6 Å². The van der Waals surface area contributed by atoms with Crippen molar-refractivity contribution in [1.29, 1.82) is 5.26 Å². The molecule has 0 heterocycles. The Morgan fingerprint density at radius 2 is 1.70 bits per heavy atom. The maximum Gasteiger partial charge on any atom is 0.0998 e. The Hall–Kier alpha value is -2.37. The predicted molar refractivity (Wildman–Crippen MR) is 83.8 cm³/mol. The molecule has 0 fully saturated rings. The molecule has 0 radical (unpaired) electrons.